The van der Waals surface area contributed by atoms with Crippen LogP contribution in [0.2, 0.25) is 0 Å². The highest BCUT2D eigenvalue weighted by atomic mass is 32.2. The number of nitrogens with zero attached hydrogens (tertiary/aromatic N) is 2. The third-order valence-corrected chi connectivity index (χ3v) is 3.74. The Hall–Kier alpha value is -0.610. The van der Waals surface area contributed by atoms with Gasteiger partial charge >= 0.3 is 0 Å². The SMILES string of the molecule is CCNCc1cnc(CSCC(C)C)nc1C. The van der Waals surface area contributed by atoms with Gasteiger partial charge in [-0.05, 0) is 25.1 Å². The second kappa shape index (κ2) is 7.67. The molecule has 1 aromatic heterocycles. The number of aryl methyl sites for hydroxylation is 1. The predicted molar refractivity (Wildman–Crippen MR) is 75.1 cm³/mol. The molecule has 0 bridgehead atoms. The van der Waals surface area contributed by atoms with Gasteiger partial charge in [-0.3, -0.25) is 0 Å². The Balaban J connectivity index is 2.50. The molecule has 3 nitrogen and oxygen atoms in total. The van der Waals surface area contributed by atoms with Crippen molar-refractivity contribution in [1.82, 2.24) is 15.3 Å². The average molecular weight is 253 g/mol. The Bertz CT molecular complexity index is 339. The van der Waals surface area contributed by atoms with Crippen LogP contribution in [0.1, 0.15) is 37.9 Å². The lowest BCUT2D eigenvalue weighted by Gasteiger charge is -2.08. The first-order valence-electron chi connectivity index (χ1n) is 6.23. The second-order valence-corrected chi connectivity index (χ2v) is 5.62. The van der Waals surface area contributed by atoms with Crippen LogP contribution < -0.4 is 5.32 Å². The molecule has 0 radical (unpaired) electrons. The van der Waals surface area contributed by atoms with Gasteiger partial charge in [0.1, 0.15) is 5.82 Å². The van der Waals surface area contributed by atoms with Crippen molar-refractivity contribution in [3.63, 3.8) is 0 Å². The molecule has 0 aliphatic heterocycles. The summed E-state index contributed by atoms with van der Waals surface area (Å²) in [6, 6.07) is 0. The van der Waals surface area contributed by atoms with E-state index in [-0.39, 0.29) is 0 Å². The van der Waals surface area contributed by atoms with E-state index in [9.17, 15) is 0 Å². The third-order valence-electron chi connectivity index (χ3n) is 2.38. The van der Waals surface area contributed by atoms with Gasteiger partial charge in [0.15, 0.2) is 0 Å². The highest BCUT2D eigenvalue weighted by Crippen LogP contribution is 2.13. The van der Waals surface area contributed by atoms with Gasteiger partial charge in [-0.25, -0.2) is 9.97 Å². The maximum Gasteiger partial charge on any atom is 0.138 e. The fourth-order valence-corrected chi connectivity index (χ4v) is 2.34. The number of aromatic nitrogens is 2. The van der Waals surface area contributed by atoms with Gasteiger partial charge in [-0.15, -0.1) is 0 Å². The van der Waals surface area contributed by atoms with E-state index < -0.39 is 0 Å². The highest BCUT2D eigenvalue weighted by Gasteiger charge is 2.03. The quantitative estimate of drug-likeness (QED) is 0.811. The van der Waals surface area contributed by atoms with E-state index in [1.807, 2.05) is 18.0 Å². The summed E-state index contributed by atoms with van der Waals surface area (Å²) < 4.78 is 0. The van der Waals surface area contributed by atoms with Crippen LogP contribution in [0, 0.1) is 12.8 Å². The van der Waals surface area contributed by atoms with E-state index in [0.29, 0.717) is 0 Å². The average Bonchev–Trinajstić information content (AvgIpc) is 2.27. The Morgan fingerprint density at radius 3 is 2.76 bits per heavy atom. The Kier molecular flexibility index (Phi) is 6.52. The molecule has 1 rings (SSSR count). The van der Waals surface area contributed by atoms with E-state index >= 15 is 0 Å². The van der Waals surface area contributed by atoms with Crippen molar-refractivity contribution in [3.8, 4) is 0 Å². The van der Waals surface area contributed by atoms with E-state index in [4.69, 9.17) is 0 Å². The number of hydrogen-bond donors (Lipinski definition) is 1. The maximum absolute atomic E-state index is 4.55. The molecule has 0 unspecified atom stereocenters. The smallest absolute Gasteiger partial charge is 0.138 e. The molecule has 1 aromatic rings. The van der Waals surface area contributed by atoms with Gasteiger partial charge in [-0.2, -0.15) is 11.8 Å². The lowest BCUT2D eigenvalue weighted by molar-refractivity contribution is 0.713. The fraction of sp³-hybridized carbons (Fsp3) is 0.692. The first-order chi connectivity index (χ1) is 8.13. The Morgan fingerprint density at radius 2 is 2.18 bits per heavy atom. The fourth-order valence-electron chi connectivity index (χ4n) is 1.43. The molecule has 0 saturated heterocycles. The number of nitrogens with one attached hydrogen (secondary N) is 1. The van der Waals surface area contributed by atoms with E-state index in [1.54, 1.807) is 0 Å². The molecule has 1 N–H and O–H groups in total. The summed E-state index contributed by atoms with van der Waals surface area (Å²) >= 11 is 1.91. The van der Waals surface area contributed by atoms with Crippen LogP contribution in [-0.4, -0.2) is 22.3 Å². The van der Waals surface area contributed by atoms with Crippen molar-refractivity contribution in [2.75, 3.05) is 12.3 Å². The zero-order valence-corrected chi connectivity index (χ0v) is 12.1. The molecule has 0 amide bonds. The molecule has 0 aromatic carbocycles. The summed E-state index contributed by atoms with van der Waals surface area (Å²) in [5, 5.41) is 3.30. The van der Waals surface area contributed by atoms with Gasteiger partial charge in [0.2, 0.25) is 0 Å². The molecule has 0 aliphatic carbocycles. The van der Waals surface area contributed by atoms with Crippen LogP contribution in [0.3, 0.4) is 0 Å². The predicted octanol–water partition coefficient (Wildman–Crippen LogP) is 2.78. The molecular formula is C13H23N3S. The van der Waals surface area contributed by atoms with E-state index in [2.05, 4.69) is 43.0 Å². The van der Waals surface area contributed by atoms with Crippen molar-refractivity contribution >= 4 is 11.8 Å². The molecule has 0 aliphatic rings. The summed E-state index contributed by atoms with van der Waals surface area (Å²) in [7, 11) is 0. The van der Waals surface area contributed by atoms with Crippen molar-refractivity contribution in [2.24, 2.45) is 5.92 Å². The normalized spacial score (nSPS) is 11.1. The minimum Gasteiger partial charge on any atom is -0.313 e. The summed E-state index contributed by atoms with van der Waals surface area (Å²) in [6.07, 6.45) is 1.95. The lowest BCUT2D eigenvalue weighted by Crippen LogP contribution is -2.14. The van der Waals surface area contributed by atoms with Crippen molar-refractivity contribution < 1.29 is 0 Å². The van der Waals surface area contributed by atoms with Crippen LogP contribution in [0.15, 0.2) is 6.20 Å². The lowest BCUT2D eigenvalue weighted by atomic mass is 10.2. The van der Waals surface area contributed by atoms with Crippen LogP contribution in [-0.2, 0) is 12.3 Å². The summed E-state index contributed by atoms with van der Waals surface area (Å²) in [5.74, 6) is 3.77. The van der Waals surface area contributed by atoms with Gasteiger partial charge in [0.25, 0.3) is 0 Å². The highest BCUT2D eigenvalue weighted by molar-refractivity contribution is 7.98. The zero-order valence-electron chi connectivity index (χ0n) is 11.3. The standard InChI is InChI=1S/C13H23N3S/c1-5-14-6-12-7-15-13(16-11(12)4)9-17-8-10(2)3/h7,10,14H,5-6,8-9H2,1-4H3. The number of hydrogen-bond acceptors (Lipinski definition) is 4. The topological polar surface area (TPSA) is 37.8 Å². The van der Waals surface area contributed by atoms with E-state index in [1.165, 1.54) is 11.3 Å². The molecule has 0 atom stereocenters. The van der Waals surface area contributed by atoms with Crippen LogP contribution in [0.25, 0.3) is 0 Å². The third kappa shape index (κ3) is 5.50. The molecule has 0 saturated carbocycles. The molecule has 0 fully saturated rings. The first-order valence-corrected chi connectivity index (χ1v) is 7.38. The molecule has 0 spiro atoms. The van der Waals surface area contributed by atoms with Gasteiger partial charge in [0.05, 0.1) is 5.75 Å². The van der Waals surface area contributed by atoms with Crippen LogP contribution in [0.4, 0.5) is 0 Å². The van der Waals surface area contributed by atoms with Gasteiger partial charge < -0.3 is 5.32 Å². The van der Waals surface area contributed by atoms with Gasteiger partial charge in [0, 0.05) is 24.0 Å². The maximum atomic E-state index is 4.55. The Labute approximate surface area is 109 Å². The molecule has 1 heterocycles. The molecular weight excluding hydrogens is 230 g/mol. The summed E-state index contributed by atoms with van der Waals surface area (Å²) in [4.78, 5) is 8.97. The monoisotopic (exact) mass is 253 g/mol. The van der Waals surface area contributed by atoms with Crippen LogP contribution >= 0.6 is 11.8 Å². The Morgan fingerprint density at radius 1 is 1.41 bits per heavy atom. The van der Waals surface area contributed by atoms with E-state index in [0.717, 1.165) is 36.3 Å². The number of rotatable bonds is 7. The largest absolute Gasteiger partial charge is 0.313 e. The molecule has 17 heavy (non-hydrogen) atoms. The molecule has 96 valence electrons. The van der Waals surface area contributed by atoms with Gasteiger partial charge in [-0.1, -0.05) is 20.8 Å². The van der Waals surface area contributed by atoms with Crippen molar-refractivity contribution in [1.29, 1.82) is 0 Å². The summed E-state index contributed by atoms with van der Waals surface area (Å²) in [6.45, 7) is 10.5. The summed E-state index contributed by atoms with van der Waals surface area (Å²) in [5.41, 5.74) is 2.30. The second-order valence-electron chi connectivity index (χ2n) is 4.59. The first kappa shape index (κ1) is 14.5. The minimum atomic E-state index is 0.731. The minimum absolute atomic E-state index is 0.731. The molecule has 4 heteroatoms. The van der Waals surface area contributed by atoms with Crippen molar-refractivity contribution in [3.05, 3.63) is 23.3 Å². The zero-order chi connectivity index (χ0) is 12.7. The van der Waals surface area contributed by atoms with Crippen LogP contribution in [0.5, 0.6) is 0 Å². The number of thioether (sulfide) groups is 1. The van der Waals surface area contributed by atoms with Crippen molar-refractivity contribution in [2.45, 2.75) is 40.0 Å².